The maximum absolute atomic E-state index is 10.5. The van der Waals surface area contributed by atoms with Gasteiger partial charge in [0.2, 0.25) is 0 Å². The highest BCUT2D eigenvalue weighted by Gasteiger charge is 2.04. The first-order valence-electron chi connectivity index (χ1n) is 4.67. The molecule has 3 N–H and O–H groups in total. The molecule has 16 heavy (non-hydrogen) atoms. The maximum Gasteiger partial charge on any atom is 0.271 e. The summed E-state index contributed by atoms with van der Waals surface area (Å²) in [6, 6.07) is 6.14. The smallest absolute Gasteiger partial charge is 0.271 e. The van der Waals surface area contributed by atoms with Gasteiger partial charge in [0.05, 0.1) is 10.6 Å². The van der Waals surface area contributed by atoms with Crippen LogP contribution in [0, 0.1) is 10.1 Å². The third-order valence-corrected chi connectivity index (χ3v) is 1.96. The first-order valence-corrected chi connectivity index (χ1v) is 5.08. The van der Waals surface area contributed by atoms with Gasteiger partial charge in [-0.25, -0.2) is 0 Å². The molecule has 1 aromatic rings. The molecule has 86 valence electrons. The third kappa shape index (κ3) is 3.70. The summed E-state index contributed by atoms with van der Waals surface area (Å²) >= 11 is 4.92. The first kappa shape index (κ1) is 12.2. The second kappa shape index (κ2) is 5.86. The van der Waals surface area contributed by atoms with Gasteiger partial charge in [-0.1, -0.05) is 6.07 Å². The zero-order valence-electron chi connectivity index (χ0n) is 8.69. The Kier molecular flexibility index (Phi) is 4.46. The number of thiocarbonyl (C=S) groups is 1. The summed E-state index contributed by atoms with van der Waals surface area (Å²) in [4.78, 5) is 10.1. The van der Waals surface area contributed by atoms with Gasteiger partial charge in [-0.15, -0.1) is 0 Å². The molecule has 1 rings (SSSR count). The Bertz CT molecular complexity index is 397. The molecule has 0 saturated heterocycles. The molecule has 0 aliphatic heterocycles. The first-order chi connectivity index (χ1) is 7.63. The number of rotatable bonds is 4. The summed E-state index contributed by atoms with van der Waals surface area (Å²) < 4.78 is 0. The highest BCUT2D eigenvalue weighted by atomic mass is 32.1. The summed E-state index contributed by atoms with van der Waals surface area (Å²) in [5.41, 5.74) is 6.09. The second-order valence-corrected chi connectivity index (χ2v) is 3.33. The molecule has 1 aromatic carbocycles. The Labute approximate surface area is 98.2 Å². The fourth-order valence-corrected chi connectivity index (χ4v) is 1.23. The van der Waals surface area contributed by atoms with Crippen molar-refractivity contribution in [3.8, 4) is 0 Å². The molecule has 0 amide bonds. The summed E-state index contributed by atoms with van der Waals surface area (Å²) in [5.74, 6) is 0. The summed E-state index contributed by atoms with van der Waals surface area (Å²) in [6.07, 6.45) is 0. The molecule has 6 nitrogen and oxygen atoms in total. The van der Waals surface area contributed by atoms with Crippen LogP contribution in [0.3, 0.4) is 0 Å². The normalized spacial score (nSPS) is 9.31. The van der Waals surface area contributed by atoms with Gasteiger partial charge in [0, 0.05) is 18.7 Å². The highest BCUT2D eigenvalue weighted by Crippen LogP contribution is 2.15. The molecule has 0 atom stereocenters. The lowest BCUT2D eigenvalue weighted by atomic mass is 10.3. The van der Waals surface area contributed by atoms with E-state index >= 15 is 0 Å². The van der Waals surface area contributed by atoms with Crippen molar-refractivity contribution < 1.29 is 4.92 Å². The van der Waals surface area contributed by atoms with Crippen LogP contribution in [0.4, 0.5) is 11.4 Å². The minimum Gasteiger partial charge on any atom is -0.362 e. The quantitative estimate of drug-likeness (QED) is 0.419. The minimum absolute atomic E-state index is 0.0289. The van der Waals surface area contributed by atoms with E-state index in [1.54, 1.807) is 12.1 Å². The van der Waals surface area contributed by atoms with Gasteiger partial charge in [-0.3, -0.25) is 21.0 Å². The topological polar surface area (TPSA) is 79.2 Å². The molecule has 0 aliphatic carbocycles. The van der Waals surface area contributed by atoms with E-state index in [9.17, 15) is 10.1 Å². The number of nitrogens with zero attached hydrogens (tertiary/aromatic N) is 1. The number of hydrogen-bond acceptors (Lipinski definition) is 4. The fraction of sp³-hybridized carbons (Fsp3) is 0.222. The number of non-ortho nitro benzene ring substituents is 1. The van der Waals surface area contributed by atoms with Crippen molar-refractivity contribution in [2.75, 3.05) is 12.0 Å². The van der Waals surface area contributed by atoms with Crippen LogP contribution in [0.1, 0.15) is 6.92 Å². The number of nitro groups is 1. The number of nitro benzene ring substituents is 1. The van der Waals surface area contributed by atoms with Gasteiger partial charge in [0.1, 0.15) is 0 Å². The number of hydrogen-bond donors (Lipinski definition) is 3. The maximum atomic E-state index is 10.5. The minimum atomic E-state index is -0.451. The van der Waals surface area contributed by atoms with Crippen molar-refractivity contribution in [1.29, 1.82) is 0 Å². The predicted molar refractivity (Wildman–Crippen MR) is 66.1 cm³/mol. The van der Waals surface area contributed by atoms with Crippen molar-refractivity contribution in [3.05, 3.63) is 34.4 Å². The molecule has 0 fully saturated rings. The van der Waals surface area contributed by atoms with Crippen LogP contribution < -0.4 is 16.2 Å². The van der Waals surface area contributed by atoms with E-state index in [1.165, 1.54) is 12.1 Å². The van der Waals surface area contributed by atoms with Crippen molar-refractivity contribution in [2.45, 2.75) is 6.92 Å². The molecule has 0 spiro atoms. The Morgan fingerprint density at radius 1 is 1.56 bits per heavy atom. The van der Waals surface area contributed by atoms with Crippen LogP contribution >= 0.6 is 12.2 Å². The molecular weight excluding hydrogens is 228 g/mol. The van der Waals surface area contributed by atoms with Crippen LogP contribution in [-0.4, -0.2) is 16.6 Å². The summed E-state index contributed by atoms with van der Waals surface area (Å²) in [7, 11) is 0. The van der Waals surface area contributed by atoms with E-state index in [1.807, 2.05) is 6.92 Å². The zero-order chi connectivity index (χ0) is 12.0. The molecule has 0 aliphatic rings. The van der Waals surface area contributed by atoms with Crippen LogP contribution in [0.15, 0.2) is 24.3 Å². The van der Waals surface area contributed by atoms with Gasteiger partial charge >= 0.3 is 0 Å². The predicted octanol–water partition coefficient (Wildman–Crippen LogP) is 1.41. The third-order valence-electron chi connectivity index (χ3n) is 1.71. The number of hydrazine groups is 1. The summed E-state index contributed by atoms with van der Waals surface area (Å²) in [5, 5.41) is 13.8. The van der Waals surface area contributed by atoms with Crippen LogP contribution in [-0.2, 0) is 0 Å². The highest BCUT2D eigenvalue weighted by molar-refractivity contribution is 7.80. The Morgan fingerprint density at radius 2 is 2.31 bits per heavy atom. The molecule has 0 bridgehead atoms. The largest absolute Gasteiger partial charge is 0.362 e. The Balaban J connectivity index is 2.57. The lowest BCUT2D eigenvalue weighted by molar-refractivity contribution is -0.384. The van der Waals surface area contributed by atoms with Crippen LogP contribution in [0.5, 0.6) is 0 Å². The van der Waals surface area contributed by atoms with Gasteiger partial charge in [0.25, 0.3) is 5.69 Å². The lowest BCUT2D eigenvalue weighted by Gasteiger charge is -2.10. The second-order valence-electron chi connectivity index (χ2n) is 2.92. The monoisotopic (exact) mass is 240 g/mol. The van der Waals surface area contributed by atoms with E-state index in [4.69, 9.17) is 12.2 Å². The van der Waals surface area contributed by atoms with Crippen molar-refractivity contribution in [1.82, 2.24) is 10.7 Å². The number of benzene rings is 1. The Morgan fingerprint density at radius 3 is 2.94 bits per heavy atom. The molecule has 7 heteroatoms. The number of anilines is 1. The lowest BCUT2D eigenvalue weighted by Crippen LogP contribution is -2.38. The SMILES string of the molecule is CCNC(=S)NNc1cccc([N+](=O)[O-])c1. The molecule has 0 radical (unpaired) electrons. The fourth-order valence-electron chi connectivity index (χ4n) is 1.03. The van der Waals surface area contributed by atoms with Gasteiger partial charge in [-0.05, 0) is 25.2 Å². The average molecular weight is 240 g/mol. The van der Waals surface area contributed by atoms with E-state index in [2.05, 4.69) is 16.2 Å². The molecular formula is C9H12N4O2S. The number of nitrogens with one attached hydrogen (secondary N) is 3. The van der Waals surface area contributed by atoms with Crippen molar-refractivity contribution in [2.24, 2.45) is 0 Å². The van der Waals surface area contributed by atoms with Gasteiger partial charge in [0.15, 0.2) is 5.11 Å². The van der Waals surface area contributed by atoms with E-state index in [0.717, 1.165) is 0 Å². The van der Waals surface area contributed by atoms with Crippen LogP contribution in [0.2, 0.25) is 0 Å². The standard InChI is InChI=1S/C9H12N4O2S/c1-2-10-9(16)12-11-7-4-3-5-8(6-7)13(14)15/h3-6,11H,2H2,1H3,(H2,10,12,16). The zero-order valence-corrected chi connectivity index (χ0v) is 9.50. The molecule has 0 unspecified atom stereocenters. The van der Waals surface area contributed by atoms with E-state index < -0.39 is 4.92 Å². The van der Waals surface area contributed by atoms with E-state index in [0.29, 0.717) is 17.3 Å². The molecule has 0 aromatic heterocycles. The van der Waals surface area contributed by atoms with Gasteiger partial charge < -0.3 is 5.32 Å². The summed E-state index contributed by atoms with van der Waals surface area (Å²) in [6.45, 7) is 2.63. The average Bonchev–Trinajstić information content (AvgIpc) is 2.27. The Hall–Kier alpha value is -1.89. The van der Waals surface area contributed by atoms with Gasteiger partial charge in [-0.2, -0.15) is 0 Å². The molecule has 0 saturated carbocycles. The van der Waals surface area contributed by atoms with Crippen LogP contribution in [0.25, 0.3) is 0 Å². The molecule has 0 heterocycles. The van der Waals surface area contributed by atoms with Crippen molar-refractivity contribution in [3.63, 3.8) is 0 Å². The van der Waals surface area contributed by atoms with E-state index in [-0.39, 0.29) is 5.69 Å². The van der Waals surface area contributed by atoms with Crippen molar-refractivity contribution >= 4 is 28.7 Å².